The Morgan fingerprint density at radius 1 is 0.939 bits per heavy atom. The third-order valence-electron chi connectivity index (χ3n) is 5.75. The predicted molar refractivity (Wildman–Crippen MR) is 131 cm³/mol. The summed E-state index contributed by atoms with van der Waals surface area (Å²) < 4.78 is 33.4. The molecule has 1 aromatic heterocycles. The quantitative estimate of drug-likeness (QED) is 0.516. The van der Waals surface area contributed by atoms with Crippen LogP contribution < -0.4 is 9.64 Å². The Balaban J connectivity index is 1.43. The van der Waals surface area contributed by atoms with E-state index in [0.29, 0.717) is 48.3 Å². The summed E-state index contributed by atoms with van der Waals surface area (Å²) in [6.45, 7) is 8.01. The van der Waals surface area contributed by atoms with Gasteiger partial charge >= 0.3 is 0 Å². The Morgan fingerprint density at radius 2 is 1.64 bits per heavy atom. The summed E-state index contributed by atoms with van der Waals surface area (Å²) in [6, 6.07) is 15.0. The topological polar surface area (TPSA) is 75.6 Å². The molecule has 0 saturated carbocycles. The number of benzene rings is 2. The van der Waals surface area contributed by atoms with E-state index >= 15 is 0 Å². The Labute approximate surface area is 200 Å². The number of hydrogen-bond acceptors (Lipinski definition) is 6. The lowest BCUT2D eigenvalue weighted by molar-refractivity contribution is 0.340. The number of ether oxygens (including phenoxy) is 1. The molecule has 174 valence electrons. The standard InChI is InChI=1S/C24H27ClN4O3S/c1-4-32-20-7-5-19(6-8-20)22-9-10-24(27-26-22)28-11-13-29(14-12-28)33(30,31)23-16-17(2)21(25)15-18(23)3/h5-10,15-16H,4,11-14H2,1-3H3. The van der Waals surface area contributed by atoms with Gasteiger partial charge in [0.25, 0.3) is 0 Å². The molecular weight excluding hydrogens is 460 g/mol. The highest BCUT2D eigenvalue weighted by Gasteiger charge is 2.30. The molecule has 0 aliphatic carbocycles. The second kappa shape index (κ2) is 9.67. The summed E-state index contributed by atoms with van der Waals surface area (Å²) in [6.07, 6.45) is 0. The van der Waals surface area contributed by atoms with E-state index in [2.05, 4.69) is 15.1 Å². The van der Waals surface area contributed by atoms with E-state index in [9.17, 15) is 8.42 Å². The number of hydrogen-bond donors (Lipinski definition) is 0. The minimum absolute atomic E-state index is 0.317. The molecule has 0 spiro atoms. The lowest BCUT2D eigenvalue weighted by Gasteiger charge is -2.34. The summed E-state index contributed by atoms with van der Waals surface area (Å²) in [5.74, 6) is 1.56. The van der Waals surface area contributed by atoms with Gasteiger partial charge in [-0.05, 0) is 80.4 Å². The number of sulfonamides is 1. The number of rotatable bonds is 6. The highest BCUT2D eigenvalue weighted by atomic mass is 35.5. The SMILES string of the molecule is CCOc1ccc(-c2ccc(N3CCN(S(=O)(=O)c4cc(C)c(Cl)cc4C)CC3)nn2)cc1. The van der Waals surface area contributed by atoms with Gasteiger partial charge in [0.2, 0.25) is 10.0 Å². The zero-order valence-corrected chi connectivity index (χ0v) is 20.5. The number of nitrogens with zero attached hydrogens (tertiary/aromatic N) is 4. The first-order valence-corrected chi connectivity index (χ1v) is 12.7. The summed E-state index contributed by atoms with van der Waals surface area (Å²) in [4.78, 5) is 2.37. The summed E-state index contributed by atoms with van der Waals surface area (Å²) in [5, 5.41) is 9.32. The molecule has 1 saturated heterocycles. The smallest absolute Gasteiger partial charge is 0.243 e. The molecule has 33 heavy (non-hydrogen) atoms. The monoisotopic (exact) mass is 486 g/mol. The number of piperazine rings is 1. The van der Waals surface area contributed by atoms with Gasteiger partial charge in [0.05, 0.1) is 17.2 Å². The third-order valence-corrected chi connectivity index (χ3v) is 8.20. The molecule has 0 unspecified atom stereocenters. The first-order chi connectivity index (χ1) is 15.8. The number of halogens is 1. The van der Waals surface area contributed by atoms with Crippen molar-refractivity contribution in [2.24, 2.45) is 0 Å². The maximum atomic E-state index is 13.2. The van der Waals surface area contributed by atoms with Crippen LogP contribution in [0.5, 0.6) is 5.75 Å². The molecule has 0 amide bonds. The zero-order valence-electron chi connectivity index (χ0n) is 19.0. The molecule has 7 nitrogen and oxygen atoms in total. The van der Waals surface area contributed by atoms with Crippen LogP contribution in [-0.4, -0.2) is 55.7 Å². The fourth-order valence-corrected chi connectivity index (χ4v) is 5.80. The van der Waals surface area contributed by atoms with Crippen molar-refractivity contribution in [3.8, 4) is 17.0 Å². The van der Waals surface area contributed by atoms with Crippen molar-refractivity contribution in [1.82, 2.24) is 14.5 Å². The Hall–Kier alpha value is -2.68. The minimum Gasteiger partial charge on any atom is -0.494 e. The number of aromatic nitrogens is 2. The van der Waals surface area contributed by atoms with Gasteiger partial charge in [-0.3, -0.25) is 0 Å². The molecule has 0 N–H and O–H groups in total. The normalized spacial score (nSPS) is 15.0. The van der Waals surface area contributed by atoms with E-state index < -0.39 is 10.0 Å². The van der Waals surface area contributed by atoms with E-state index in [4.69, 9.17) is 16.3 Å². The summed E-state index contributed by atoms with van der Waals surface area (Å²) >= 11 is 6.15. The van der Waals surface area contributed by atoms with Crippen LogP contribution in [0.3, 0.4) is 0 Å². The van der Waals surface area contributed by atoms with Gasteiger partial charge < -0.3 is 9.64 Å². The third kappa shape index (κ3) is 4.98. The van der Waals surface area contributed by atoms with E-state index in [0.717, 1.165) is 28.4 Å². The summed E-state index contributed by atoms with van der Waals surface area (Å²) in [5.41, 5.74) is 3.14. The van der Waals surface area contributed by atoms with Crippen molar-refractivity contribution >= 4 is 27.4 Å². The number of aryl methyl sites for hydroxylation is 2. The minimum atomic E-state index is -3.59. The van der Waals surface area contributed by atoms with Gasteiger partial charge in [0.1, 0.15) is 5.75 Å². The van der Waals surface area contributed by atoms with Crippen molar-refractivity contribution in [3.05, 3.63) is 64.7 Å². The van der Waals surface area contributed by atoms with Gasteiger partial charge in [-0.15, -0.1) is 10.2 Å². The molecule has 9 heteroatoms. The van der Waals surface area contributed by atoms with Crippen molar-refractivity contribution < 1.29 is 13.2 Å². The second-order valence-corrected chi connectivity index (χ2v) is 10.3. The Bertz CT molecular complexity index is 1220. The Morgan fingerprint density at radius 3 is 2.24 bits per heavy atom. The average Bonchev–Trinajstić information content (AvgIpc) is 2.82. The van der Waals surface area contributed by atoms with Crippen molar-refractivity contribution in [2.45, 2.75) is 25.7 Å². The molecular formula is C24H27ClN4O3S. The van der Waals surface area contributed by atoms with E-state index in [1.54, 1.807) is 19.1 Å². The molecule has 1 aliphatic rings. The van der Waals surface area contributed by atoms with E-state index in [1.807, 2.05) is 50.2 Å². The van der Waals surface area contributed by atoms with Crippen molar-refractivity contribution in [1.29, 1.82) is 0 Å². The van der Waals surface area contributed by atoms with Gasteiger partial charge in [0.15, 0.2) is 5.82 Å². The van der Waals surface area contributed by atoms with E-state index in [-0.39, 0.29) is 0 Å². The summed E-state index contributed by atoms with van der Waals surface area (Å²) in [7, 11) is -3.59. The lowest BCUT2D eigenvalue weighted by atomic mass is 10.1. The molecule has 3 aromatic rings. The lowest BCUT2D eigenvalue weighted by Crippen LogP contribution is -2.49. The first kappa shape index (κ1) is 23.5. The first-order valence-electron chi connectivity index (χ1n) is 10.9. The van der Waals surface area contributed by atoms with Crippen LogP contribution in [0.1, 0.15) is 18.1 Å². The van der Waals surface area contributed by atoms with Crippen LogP contribution in [0.25, 0.3) is 11.3 Å². The maximum Gasteiger partial charge on any atom is 0.243 e. The fourth-order valence-electron chi connectivity index (χ4n) is 3.87. The zero-order chi connectivity index (χ0) is 23.6. The average molecular weight is 487 g/mol. The molecule has 1 fully saturated rings. The predicted octanol–water partition coefficient (Wildman–Crippen LogP) is 4.32. The van der Waals surface area contributed by atoms with Crippen LogP contribution in [0.2, 0.25) is 5.02 Å². The largest absolute Gasteiger partial charge is 0.494 e. The molecule has 0 atom stereocenters. The molecule has 2 heterocycles. The molecule has 0 radical (unpaired) electrons. The highest BCUT2D eigenvalue weighted by molar-refractivity contribution is 7.89. The second-order valence-electron chi connectivity index (χ2n) is 7.99. The van der Waals surface area contributed by atoms with Crippen LogP contribution in [0, 0.1) is 13.8 Å². The van der Waals surface area contributed by atoms with Crippen LogP contribution in [0.15, 0.2) is 53.4 Å². The van der Waals surface area contributed by atoms with Gasteiger partial charge in [0, 0.05) is 36.8 Å². The highest BCUT2D eigenvalue weighted by Crippen LogP contribution is 2.28. The molecule has 4 rings (SSSR count). The van der Waals surface area contributed by atoms with Crippen LogP contribution >= 0.6 is 11.6 Å². The molecule has 0 bridgehead atoms. The Kier molecular flexibility index (Phi) is 6.88. The van der Waals surface area contributed by atoms with Crippen molar-refractivity contribution in [2.75, 3.05) is 37.7 Å². The molecule has 2 aromatic carbocycles. The van der Waals surface area contributed by atoms with Gasteiger partial charge in [-0.1, -0.05) is 11.6 Å². The van der Waals surface area contributed by atoms with Gasteiger partial charge in [-0.25, -0.2) is 8.42 Å². The van der Waals surface area contributed by atoms with Crippen molar-refractivity contribution in [3.63, 3.8) is 0 Å². The van der Waals surface area contributed by atoms with Crippen LogP contribution in [-0.2, 0) is 10.0 Å². The fraction of sp³-hybridized carbons (Fsp3) is 0.333. The molecule has 1 aliphatic heterocycles. The van der Waals surface area contributed by atoms with Gasteiger partial charge in [-0.2, -0.15) is 4.31 Å². The number of anilines is 1. The maximum absolute atomic E-state index is 13.2. The van der Waals surface area contributed by atoms with Crippen LogP contribution in [0.4, 0.5) is 5.82 Å². The van der Waals surface area contributed by atoms with E-state index in [1.165, 1.54) is 4.31 Å².